The summed E-state index contributed by atoms with van der Waals surface area (Å²) in [5.41, 5.74) is 1.58. The molecule has 1 amide bonds. The Balaban J connectivity index is 2.10. The summed E-state index contributed by atoms with van der Waals surface area (Å²) in [6, 6.07) is 5.47. The molecule has 0 fully saturated rings. The maximum atomic E-state index is 11.3. The third kappa shape index (κ3) is 4.14. The van der Waals surface area contributed by atoms with Crippen LogP contribution in [0.15, 0.2) is 23.1 Å². The van der Waals surface area contributed by atoms with Gasteiger partial charge in [0.25, 0.3) is 0 Å². The van der Waals surface area contributed by atoms with Gasteiger partial charge in [0, 0.05) is 22.9 Å². The van der Waals surface area contributed by atoms with Crippen LogP contribution in [0.5, 0.6) is 0 Å². The Morgan fingerprint density at radius 3 is 2.89 bits per heavy atom. The highest BCUT2D eigenvalue weighted by molar-refractivity contribution is 8.00. The number of sulfone groups is 1. The van der Waals surface area contributed by atoms with E-state index in [2.05, 4.69) is 10.6 Å². The molecule has 0 saturated carbocycles. The Bertz CT molecular complexity index is 599. The molecule has 1 aromatic carbocycles. The number of hydrogen-bond acceptors (Lipinski definition) is 5. The number of carbonyl (C=O) groups excluding carboxylic acids is 1. The number of anilines is 2. The van der Waals surface area contributed by atoms with E-state index in [0.29, 0.717) is 5.75 Å². The molecule has 1 aliphatic heterocycles. The first-order chi connectivity index (χ1) is 8.83. The van der Waals surface area contributed by atoms with E-state index in [1.165, 1.54) is 18.0 Å². The number of fused-ring (bicyclic) bond motifs is 1. The molecule has 5 nitrogen and oxygen atoms in total. The number of hydrogen-bond donors (Lipinski definition) is 2. The summed E-state index contributed by atoms with van der Waals surface area (Å²) in [4.78, 5) is 12.3. The van der Waals surface area contributed by atoms with Gasteiger partial charge in [0.1, 0.15) is 9.84 Å². The summed E-state index contributed by atoms with van der Waals surface area (Å²) in [7, 11) is -3.01. The summed E-state index contributed by atoms with van der Waals surface area (Å²) in [5.74, 6) is 0.494. The minimum Gasteiger partial charge on any atom is -0.382 e. The monoisotopic (exact) mass is 300 g/mol. The van der Waals surface area contributed by atoms with E-state index in [-0.39, 0.29) is 17.7 Å². The number of thioether (sulfide) groups is 1. The Hall–Kier alpha value is -1.21. The lowest BCUT2D eigenvalue weighted by Gasteiger charge is -2.19. The van der Waals surface area contributed by atoms with Gasteiger partial charge < -0.3 is 10.6 Å². The summed E-state index contributed by atoms with van der Waals surface area (Å²) >= 11 is 1.50. The van der Waals surface area contributed by atoms with Gasteiger partial charge in [-0.15, -0.1) is 11.8 Å². The standard InChI is InChI=1S/C12H16N2O3S2/c1-8(7-19(2,16)17)13-9-3-4-11-10(5-9)14-12(15)6-18-11/h3-5,8,13H,6-7H2,1-2H3,(H,14,15). The third-order valence-corrected chi connectivity index (χ3v) is 4.76. The van der Waals surface area contributed by atoms with Crippen LogP contribution in [0.25, 0.3) is 0 Å². The van der Waals surface area contributed by atoms with Gasteiger partial charge in [-0.25, -0.2) is 8.42 Å². The van der Waals surface area contributed by atoms with E-state index >= 15 is 0 Å². The maximum absolute atomic E-state index is 11.3. The molecule has 0 saturated heterocycles. The Morgan fingerprint density at radius 1 is 1.47 bits per heavy atom. The first kappa shape index (κ1) is 14.2. The highest BCUT2D eigenvalue weighted by Gasteiger charge is 2.16. The molecule has 1 aromatic rings. The zero-order valence-corrected chi connectivity index (χ0v) is 12.4. The van der Waals surface area contributed by atoms with Crippen LogP contribution in [-0.4, -0.2) is 38.1 Å². The van der Waals surface area contributed by atoms with Crippen molar-refractivity contribution in [3.63, 3.8) is 0 Å². The normalized spacial score (nSPS) is 16.4. The second-order valence-electron chi connectivity index (χ2n) is 4.69. The van der Waals surface area contributed by atoms with Gasteiger partial charge in [0.05, 0.1) is 17.2 Å². The first-order valence-electron chi connectivity index (χ1n) is 5.84. The van der Waals surface area contributed by atoms with E-state index < -0.39 is 9.84 Å². The van der Waals surface area contributed by atoms with Crippen LogP contribution in [0.2, 0.25) is 0 Å². The zero-order valence-electron chi connectivity index (χ0n) is 10.8. The van der Waals surface area contributed by atoms with Gasteiger partial charge in [0.2, 0.25) is 5.91 Å². The second kappa shape index (κ2) is 5.42. The number of benzene rings is 1. The van der Waals surface area contributed by atoms with Gasteiger partial charge >= 0.3 is 0 Å². The van der Waals surface area contributed by atoms with Crippen molar-refractivity contribution in [2.45, 2.75) is 17.9 Å². The molecule has 0 radical (unpaired) electrons. The van der Waals surface area contributed by atoms with Crippen LogP contribution in [-0.2, 0) is 14.6 Å². The number of carbonyl (C=O) groups is 1. The SMILES string of the molecule is CC(CS(C)(=O)=O)Nc1ccc2c(c1)NC(=O)CS2. The lowest BCUT2D eigenvalue weighted by molar-refractivity contribution is -0.113. The van der Waals surface area contributed by atoms with Crippen LogP contribution in [0.1, 0.15) is 6.92 Å². The molecular weight excluding hydrogens is 284 g/mol. The summed E-state index contributed by atoms with van der Waals surface area (Å²) < 4.78 is 22.4. The smallest absolute Gasteiger partial charge is 0.234 e. The molecule has 1 heterocycles. The van der Waals surface area contributed by atoms with E-state index in [0.717, 1.165) is 16.3 Å². The van der Waals surface area contributed by atoms with E-state index in [1.54, 1.807) is 0 Å². The van der Waals surface area contributed by atoms with Gasteiger partial charge in [-0.1, -0.05) is 0 Å². The molecule has 2 N–H and O–H groups in total. The predicted molar refractivity (Wildman–Crippen MR) is 78.6 cm³/mol. The lowest BCUT2D eigenvalue weighted by atomic mass is 10.2. The fourth-order valence-corrected chi connectivity index (χ4v) is 3.73. The molecule has 1 atom stereocenters. The number of amides is 1. The van der Waals surface area contributed by atoms with Crippen molar-refractivity contribution in [1.82, 2.24) is 0 Å². The molecule has 104 valence electrons. The fraction of sp³-hybridized carbons (Fsp3) is 0.417. The van der Waals surface area contributed by atoms with Gasteiger partial charge in [-0.3, -0.25) is 4.79 Å². The van der Waals surface area contributed by atoms with Crippen LogP contribution >= 0.6 is 11.8 Å². The molecule has 1 unspecified atom stereocenters. The van der Waals surface area contributed by atoms with Crippen molar-refractivity contribution in [1.29, 1.82) is 0 Å². The molecule has 0 spiro atoms. The summed E-state index contributed by atoms with van der Waals surface area (Å²) in [6.45, 7) is 1.81. The second-order valence-corrected chi connectivity index (χ2v) is 7.89. The van der Waals surface area contributed by atoms with Crippen molar-refractivity contribution < 1.29 is 13.2 Å². The van der Waals surface area contributed by atoms with E-state index in [1.807, 2.05) is 25.1 Å². The Labute approximate surface area is 117 Å². The topological polar surface area (TPSA) is 75.3 Å². The van der Waals surface area contributed by atoms with Gasteiger partial charge in [-0.05, 0) is 25.1 Å². The van der Waals surface area contributed by atoms with Crippen LogP contribution in [0, 0.1) is 0 Å². The number of nitrogens with one attached hydrogen (secondary N) is 2. The summed E-state index contributed by atoms with van der Waals surface area (Å²) in [5, 5.41) is 5.93. The van der Waals surface area contributed by atoms with Crippen molar-refractivity contribution in [2.24, 2.45) is 0 Å². The van der Waals surface area contributed by atoms with Crippen LogP contribution in [0.4, 0.5) is 11.4 Å². The molecular formula is C12H16N2O3S2. The fourth-order valence-electron chi connectivity index (χ4n) is 1.95. The highest BCUT2D eigenvalue weighted by atomic mass is 32.2. The average molecular weight is 300 g/mol. The molecule has 7 heteroatoms. The van der Waals surface area contributed by atoms with Crippen molar-refractivity contribution in [3.8, 4) is 0 Å². The number of rotatable bonds is 4. The molecule has 1 aliphatic rings. The molecule has 0 bridgehead atoms. The maximum Gasteiger partial charge on any atom is 0.234 e. The molecule has 19 heavy (non-hydrogen) atoms. The van der Waals surface area contributed by atoms with Crippen LogP contribution < -0.4 is 10.6 Å². The Kier molecular flexibility index (Phi) is 4.05. The van der Waals surface area contributed by atoms with Gasteiger partial charge in [-0.2, -0.15) is 0 Å². The highest BCUT2D eigenvalue weighted by Crippen LogP contribution is 2.33. The average Bonchev–Trinajstić information content (AvgIpc) is 2.25. The molecule has 2 rings (SSSR count). The van der Waals surface area contributed by atoms with Crippen molar-refractivity contribution >= 4 is 38.9 Å². The lowest BCUT2D eigenvalue weighted by Crippen LogP contribution is -2.25. The zero-order chi connectivity index (χ0) is 14.0. The predicted octanol–water partition coefficient (Wildman–Crippen LogP) is 1.58. The Morgan fingerprint density at radius 2 is 2.21 bits per heavy atom. The quantitative estimate of drug-likeness (QED) is 0.883. The first-order valence-corrected chi connectivity index (χ1v) is 8.89. The van der Waals surface area contributed by atoms with Crippen LogP contribution in [0.3, 0.4) is 0 Å². The summed E-state index contributed by atoms with van der Waals surface area (Å²) in [6.07, 6.45) is 1.22. The van der Waals surface area contributed by atoms with Crippen molar-refractivity contribution in [2.75, 3.05) is 28.4 Å². The largest absolute Gasteiger partial charge is 0.382 e. The third-order valence-electron chi connectivity index (χ3n) is 2.58. The van der Waals surface area contributed by atoms with Gasteiger partial charge in [0.15, 0.2) is 0 Å². The van der Waals surface area contributed by atoms with E-state index in [4.69, 9.17) is 0 Å². The minimum atomic E-state index is -3.01. The van der Waals surface area contributed by atoms with E-state index in [9.17, 15) is 13.2 Å². The molecule has 0 aliphatic carbocycles. The van der Waals surface area contributed by atoms with Crippen molar-refractivity contribution in [3.05, 3.63) is 18.2 Å². The molecule has 0 aromatic heterocycles. The minimum absolute atomic E-state index is 0.0150.